The van der Waals surface area contributed by atoms with Crippen molar-refractivity contribution in [3.8, 4) is 0 Å². The molecule has 0 bridgehead atoms. The average Bonchev–Trinajstić information content (AvgIpc) is 2.56. The second-order valence-electron chi connectivity index (χ2n) is 4.57. The Kier molecular flexibility index (Phi) is 9.82. The molecule has 0 radical (unpaired) electrons. The van der Waals surface area contributed by atoms with E-state index in [0.717, 1.165) is 23.0 Å². The maximum atomic E-state index is 11.0. The van der Waals surface area contributed by atoms with Gasteiger partial charge in [-0.25, -0.2) is 0 Å². The Morgan fingerprint density at radius 1 is 0.818 bits per heavy atom. The van der Waals surface area contributed by atoms with Gasteiger partial charge in [-0.05, 0) is 11.1 Å². The van der Waals surface area contributed by atoms with E-state index in [0.29, 0.717) is 12.8 Å². The van der Waals surface area contributed by atoms with E-state index in [4.69, 9.17) is 0 Å². The molecule has 1 aromatic carbocycles. The maximum absolute atomic E-state index is 11.0. The van der Waals surface area contributed by atoms with E-state index in [2.05, 4.69) is 33.7 Å². The number of hydrogen-bond donors (Lipinski definition) is 0. The molecule has 0 N–H and O–H groups in total. The van der Waals surface area contributed by atoms with E-state index in [9.17, 15) is 9.59 Å². The van der Waals surface area contributed by atoms with Crippen molar-refractivity contribution in [2.45, 2.75) is 24.3 Å². The van der Waals surface area contributed by atoms with Gasteiger partial charge in [-0.15, -0.1) is 0 Å². The minimum atomic E-state index is -0.160. The first-order valence-electron chi connectivity index (χ1n) is 7.02. The zero-order valence-corrected chi connectivity index (χ0v) is 14.6. The summed E-state index contributed by atoms with van der Waals surface area (Å²) in [5.74, 6) is 3.02. The van der Waals surface area contributed by atoms with Gasteiger partial charge in [-0.2, -0.15) is 23.5 Å². The Bertz CT molecular complexity index is 417. The molecule has 0 aliphatic rings. The molecule has 22 heavy (non-hydrogen) atoms. The number of carbonyl (C=O) groups excluding carboxylic acids is 2. The number of methoxy groups -OCH3 is 2. The first kappa shape index (κ1) is 18.9. The Balaban J connectivity index is 2.19. The topological polar surface area (TPSA) is 52.6 Å². The van der Waals surface area contributed by atoms with Crippen LogP contribution in [0.15, 0.2) is 24.3 Å². The van der Waals surface area contributed by atoms with Gasteiger partial charge < -0.3 is 9.47 Å². The molecule has 0 fully saturated rings. The molecule has 0 atom stereocenters. The van der Waals surface area contributed by atoms with Crippen molar-refractivity contribution in [1.29, 1.82) is 0 Å². The van der Waals surface area contributed by atoms with Gasteiger partial charge in [0.2, 0.25) is 0 Å². The van der Waals surface area contributed by atoms with Gasteiger partial charge in [0.15, 0.2) is 0 Å². The van der Waals surface area contributed by atoms with Crippen molar-refractivity contribution >= 4 is 35.5 Å². The Hall–Kier alpha value is -1.14. The summed E-state index contributed by atoms with van der Waals surface area (Å²) in [4.78, 5) is 22.0. The van der Waals surface area contributed by atoms with Gasteiger partial charge in [0, 0.05) is 23.0 Å². The van der Waals surface area contributed by atoms with Crippen LogP contribution in [0.1, 0.15) is 24.0 Å². The monoisotopic (exact) mass is 342 g/mol. The third-order valence-corrected chi connectivity index (χ3v) is 4.98. The van der Waals surface area contributed by atoms with E-state index in [1.807, 2.05) is 0 Å². The van der Waals surface area contributed by atoms with E-state index in [-0.39, 0.29) is 11.9 Å². The summed E-state index contributed by atoms with van der Waals surface area (Å²) >= 11 is 3.45. The summed E-state index contributed by atoms with van der Waals surface area (Å²) in [6.45, 7) is 0. The fourth-order valence-electron chi connectivity index (χ4n) is 1.63. The molecule has 0 aliphatic heterocycles. The molecule has 0 saturated heterocycles. The minimum absolute atomic E-state index is 0.160. The Labute approximate surface area is 140 Å². The largest absolute Gasteiger partial charge is 0.469 e. The maximum Gasteiger partial charge on any atom is 0.306 e. The van der Waals surface area contributed by atoms with E-state index >= 15 is 0 Å². The highest BCUT2D eigenvalue weighted by molar-refractivity contribution is 7.98. The van der Waals surface area contributed by atoms with Crippen molar-refractivity contribution < 1.29 is 19.1 Å². The third-order valence-electron chi connectivity index (χ3n) is 2.92. The van der Waals surface area contributed by atoms with Crippen LogP contribution in [0.3, 0.4) is 0 Å². The van der Waals surface area contributed by atoms with Crippen molar-refractivity contribution in [3.05, 3.63) is 35.4 Å². The molecule has 0 saturated carbocycles. The lowest BCUT2D eigenvalue weighted by Gasteiger charge is -2.05. The fraction of sp³-hybridized carbons (Fsp3) is 0.500. The zero-order chi connectivity index (χ0) is 16.2. The Morgan fingerprint density at radius 2 is 1.18 bits per heavy atom. The van der Waals surface area contributed by atoms with Crippen LogP contribution in [0.4, 0.5) is 0 Å². The normalized spacial score (nSPS) is 10.3. The molecule has 1 rings (SSSR count). The number of carbonyl (C=O) groups is 2. The third kappa shape index (κ3) is 8.34. The standard InChI is InChI=1S/C16H22O4S2/c1-19-15(17)7-9-21-11-13-3-5-14(6-4-13)12-22-10-8-16(18)20-2/h3-6H,7-12H2,1-2H3. The van der Waals surface area contributed by atoms with Crippen LogP contribution in [0.5, 0.6) is 0 Å². The van der Waals surface area contributed by atoms with Crippen molar-refractivity contribution in [2.75, 3.05) is 25.7 Å². The summed E-state index contributed by atoms with van der Waals surface area (Å²) in [7, 11) is 2.82. The number of thioether (sulfide) groups is 2. The molecule has 6 heteroatoms. The molecule has 0 aliphatic carbocycles. The fourth-order valence-corrected chi connectivity index (χ4v) is 3.39. The van der Waals surface area contributed by atoms with Gasteiger partial charge in [0.25, 0.3) is 0 Å². The molecule has 0 heterocycles. The second-order valence-corrected chi connectivity index (χ2v) is 6.78. The SMILES string of the molecule is COC(=O)CCSCc1ccc(CSCCC(=O)OC)cc1. The summed E-state index contributed by atoms with van der Waals surface area (Å²) in [6.07, 6.45) is 0.909. The lowest BCUT2D eigenvalue weighted by Crippen LogP contribution is -2.01. The minimum Gasteiger partial charge on any atom is -0.469 e. The molecule has 122 valence electrons. The van der Waals surface area contributed by atoms with Crippen molar-refractivity contribution in [1.82, 2.24) is 0 Å². The van der Waals surface area contributed by atoms with Gasteiger partial charge in [-0.3, -0.25) is 9.59 Å². The average molecular weight is 342 g/mol. The summed E-state index contributed by atoms with van der Waals surface area (Å²) in [5, 5.41) is 0. The quantitative estimate of drug-likeness (QED) is 0.480. The van der Waals surface area contributed by atoms with Gasteiger partial charge in [0.05, 0.1) is 27.1 Å². The summed E-state index contributed by atoms with van der Waals surface area (Å²) in [6, 6.07) is 8.45. The predicted octanol–water partition coefficient (Wildman–Crippen LogP) is 3.28. The Morgan fingerprint density at radius 3 is 1.50 bits per heavy atom. The number of hydrogen-bond acceptors (Lipinski definition) is 6. The summed E-state index contributed by atoms with van der Waals surface area (Å²) in [5.41, 5.74) is 2.50. The first-order chi connectivity index (χ1) is 10.7. The van der Waals surface area contributed by atoms with Gasteiger partial charge in [-0.1, -0.05) is 24.3 Å². The van der Waals surface area contributed by atoms with Gasteiger partial charge >= 0.3 is 11.9 Å². The second kappa shape index (κ2) is 11.4. The molecular formula is C16H22O4S2. The van der Waals surface area contributed by atoms with E-state index in [1.54, 1.807) is 23.5 Å². The zero-order valence-electron chi connectivity index (χ0n) is 13.0. The van der Waals surface area contributed by atoms with Crippen LogP contribution in [0.25, 0.3) is 0 Å². The first-order valence-corrected chi connectivity index (χ1v) is 9.33. The smallest absolute Gasteiger partial charge is 0.306 e. The highest BCUT2D eigenvalue weighted by Crippen LogP contribution is 2.17. The number of rotatable bonds is 10. The number of benzene rings is 1. The lowest BCUT2D eigenvalue weighted by atomic mass is 10.2. The van der Waals surface area contributed by atoms with Crippen molar-refractivity contribution in [3.63, 3.8) is 0 Å². The van der Waals surface area contributed by atoms with E-state index in [1.165, 1.54) is 25.3 Å². The molecule has 1 aromatic rings. The van der Waals surface area contributed by atoms with Crippen LogP contribution in [0, 0.1) is 0 Å². The predicted molar refractivity (Wildman–Crippen MR) is 92.0 cm³/mol. The summed E-state index contributed by atoms with van der Waals surface area (Å²) < 4.78 is 9.21. The highest BCUT2D eigenvalue weighted by Gasteiger charge is 2.02. The highest BCUT2D eigenvalue weighted by atomic mass is 32.2. The van der Waals surface area contributed by atoms with Crippen LogP contribution in [-0.4, -0.2) is 37.7 Å². The van der Waals surface area contributed by atoms with Crippen LogP contribution < -0.4 is 0 Å². The lowest BCUT2D eigenvalue weighted by molar-refractivity contribution is -0.141. The molecule has 0 spiro atoms. The molecule has 4 nitrogen and oxygen atoms in total. The number of esters is 2. The van der Waals surface area contributed by atoms with Crippen LogP contribution in [0.2, 0.25) is 0 Å². The molecule has 0 unspecified atom stereocenters. The van der Waals surface area contributed by atoms with Crippen LogP contribution in [-0.2, 0) is 30.6 Å². The molecular weight excluding hydrogens is 320 g/mol. The number of ether oxygens (including phenoxy) is 2. The molecule has 0 aromatic heterocycles. The van der Waals surface area contributed by atoms with E-state index < -0.39 is 0 Å². The van der Waals surface area contributed by atoms with Crippen LogP contribution >= 0.6 is 23.5 Å². The van der Waals surface area contributed by atoms with Crippen molar-refractivity contribution in [2.24, 2.45) is 0 Å². The molecule has 0 amide bonds. The van der Waals surface area contributed by atoms with Gasteiger partial charge in [0.1, 0.15) is 0 Å².